The van der Waals surface area contributed by atoms with Crippen LogP contribution in [0.5, 0.6) is 0 Å². The zero-order chi connectivity index (χ0) is 19.3. The normalized spacial score (nSPS) is 22.2. The van der Waals surface area contributed by atoms with E-state index >= 15 is 0 Å². The number of carbonyl (C=O) groups is 2. The summed E-state index contributed by atoms with van der Waals surface area (Å²) < 4.78 is 5.28. The van der Waals surface area contributed by atoms with Gasteiger partial charge in [0, 0.05) is 31.9 Å². The fraction of sp³-hybridized carbons (Fsp3) is 0.500. The van der Waals surface area contributed by atoms with Crippen LogP contribution in [0.3, 0.4) is 0 Å². The average molecular weight is 383 g/mol. The summed E-state index contributed by atoms with van der Waals surface area (Å²) in [5, 5.41) is 10.2. The summed E-state index contributed by atoms with van der Waals surface area (Å²) in [6, 6.07) is 7.08. The molecule has 4 rings (SSSR count). The highest BCUT2D eigenvalue weighted by Crippen LogP contribution is 2.21. The summed E-state index contributed by atoms with van der Waals surface area (Å²) in [6.45, 7) is 2.79. The molecule has 8 nitrogen and oxygen atoms in total. The third-order valence-electron chi connectivity index (χ3n) is 5.40. The number of nitrogens with one attached hydrogen (secondary N) is 2. The van der Waals surface area contributed by atoms with E-state index in [2.05, 4.69) is 20.8 Å². The molecule has 2 unspecified atom stereocenters. The van der Waals surface area contributed by atoms with Crippen molar-refractivity contribution in [3.8, 4) is 11.4 Å². The van der Waals surface area contributed by atoms with Crippen LogP contribution in [0.15, 0.2) is 35.0 Å². The summed E-state index contributed by atoms with van der Waals surface area (Å²) in [4.78, 5) is 31.0. The second-order valence-corrected chi connectivity index (χ2v) is 7.44. The van der Waals surface area contributed by atoms with Gasteiger partial charge in [0.2, 0.25) is 11.7 Å². The number of aromatic nitrogens is 2. The predicted octanol–water partition coefficient (Wildman–Crippen LogP) is 1.46. The van der Waals surface area contributed by atoms with Crippen LogP contribution in [0.1, 0.15) is 36.2 Å². The Labute approximate surface area is 163 Å². The van der Waals surface area contributed by atoms with Gasteiger partial charge in [-0.25, -0.2) is 0 Å². The molecule has 2 aliphatic rings. The molecular weight excluding hydrogens is 358 g/mol. The highest BCUT2D eigenvalue weighted by atomic mass is 16.5. The molecule has 2 aromatic heterocycles. The molecule has 2 aromatic rings. The first kappa shape index (κ1) is 18.6. The fourth-order valence-electron chi connectivity index (χ4n) is 3.86. The van der Waals surface area contributed by atoms with E-state index in [0.717, 1.165) is 32.2 Å². The lowest BCUT2D eigenvalue weighted by atomic mass is 9.97. The van der Waals surface area contributed by atoms with Gasteiger partial charge in [-0.1, -0.05) is 11.2 Å². The Bertz CT molecular complexity index is 816. The number of piperidine rings is 1. The van der Waals surface area contributed by atoms with E-state index in [1.165, 1.54) is 0 Å². The Morgan fingerprint density at radius 2 is 2.18 bits per heavy atom. The van der Waals surface area contributed by atoms with Gasteiger partial charge >= 0.3 is 0 Å². The first-order valence-electron chi connectivity index (χ1n) is 9.89. The minimum atomic E-state index is -0.164. The molecule has 2 atom stereocenters. The maximum atomic E-state index is 12.8. The lowest BCUT2D eigenvalue weighted by Gasteiger charge is -2.32. The van der Waals surface area contributed by atoms with Crippen molar-refractivity contribution in [1.82, 2.24) is 25.7 Å². The zero-order valence-corrected chi connectivity index (χ0v) is 15.8. The van der Waals surface area contributed by atoms with E-state index in [-0.39, 0.29) is 29.5 Å². The number of hydrogen-bond donors (Lipinski definition) is 2. The van der Waals surface area contributed by atoms with Crippen LogP contribution in [0.4, 0.5) is 0 Å². The van der Waals surface area contributed by atoms with Gasteiger partial charge in [-0.15, -0.1) is 0 Å². The number of amides is 2. The molecule has 2 amide bonds. The van der Waals surface area contributed by atoms with E-state index in [0.29, 0.717) is 31.0 Å². The van der Waals surface area contributed by atoms with E-state index in [4.69, 9.17) is 4.52 Å². The first-order chi connectivity index (χ1) is 13.7. The molecule has 0 spiro atoms. The summed E-state index contributed by atoms with van der Waals surface area (Å²) in [5.41, 5.74) is 1.22. The van der Waals surface area contributed by atoms with Gasteiger partial charge in [-0.2, -0.15) is 0 Å². The monoisotopic (exact) mass is 383 g/mol. The second kappa shape index (κ2) is 8.52. The van der Waals surface area contributed by atoms with Gasteiger partial charge in [0.15, 0.2) is 0 Å². The summed E-state index contributed by atoms with van der Waals surface area (Å²) in [5.74, 6) is 0.376. The SMILES string of the molecule is O=C(NCC1CCCN(C(=O)c2cc(-c3ccccn3)no2)C1)C1CCCN1. The molecule has 0 radical (unpaired) electrons. The minimum absolute atomic E-state index is 0.0659. The third-order valence-corrected chi connectivity index (χ3v) is 5.40. The molecule has 28 heavy (non-hydrogen) atoms. The van der Waals surface area contributed by atoms with Gasteiger partial charge < -0.3 is 20.1 Å². The summed E-state index contributed by atoms with van der Waals surface area (Å²) in [7, 11) is 0. The molecular formula is C20H25N5O3. The van der Waals surface area contributed by atoms with E-state index < -0.39 is 0 Å². The Morgan fingerprint density at radius 3 is 2.96 bits per heavy atom. The molecule has 0 bridgehead atoms. The molecule has 2 saturated heterocycles. The lowest BCUT2D eigenvalue weighted by molar-refractivity contribution is -0.123. The number of likely N-dealkylation sites (tertiary alicyclic amines) is 1. The topological polar surface area (TPSA) is 100 Å². The fourth-order valence-corrected chi connectivity index (χ4v) is 3.86. The van der Waals surface area contributed by atoms with Crippen LogP contribution < -0.4 is 10.6 Å². The zero-order valence-electron chi connectivity index (χ0n) is 15.8. The predicted molar refractivity (Wildman–Crippen MR) is 102 cm³/mol. The molecule has 2 aliphatic heterocycles. The quantitative estimate of drug-likeness (QED) is 0.811. The molecule has 0 saturated carbocycles. The van der Waals surface area contributed by atoms with E-state index in [1.54, 1.807) is 17.2 Å². The molecule has 8 heteroatoms. The van der Waals surface area contributed by atoms with Crippen molar-refractivity contribution in [2.24, 2.45) is 5.92 Å². The van der Waals surface area contributed by atoms with Crippen molar-refractivity contribution in [2.45, 2.75) is 31.7 Å². The average Bonchev–Trinajstić information content (AvgIpc) is 3.45. The van der Waals surface area contributed by atoms with Crippen molar-refractivity contribution in [1.29, 1.82) is 0 Å². The Hall–Kier alpha value is -2.74. The van der Waals surface area contributed by atoms with E-state index in [1.807, 2.05) is 18.2 Å². The van der Waals surface area contributed by atoms with Crippen LogP contribution >= 0.6 is 0 Å². The van der Waals surface area contributed by atoms with Gasteiger partial charge in [0.1, 0.15) is 5.69 Å². The van der Waals surface area contributed by atoms with Crippen LogP contribution in [0, 0.1) is 5.92 Å². The molecule has 2 fully saturated rings. The third kappa shape index (κ3) is 4.22. The standard InChI is InChI=1S/C20H25N5O3/c26-19(16-7-3-9-22-16)23-12-14-5-4-10-25(13-14)20(27)18-11-17(24-28-18)15-6-1-2-8-21-15/h1-2,6,8,11,14,16,22H,3-5,7,9-10,12-13H2,(H,23,26). The van der Waals surface area contributed by atoms with Crippen LogP contribution in [0.2, 0.25) is 0 Å². The Morgan fingerprint density at radius 1 is 1.25 bits per heavy atom. The highest BCUT2D eigenvalue weighted by molar-refractivity contribution is 5.92. The van der Waals surface area contributed by atoms with Crippen molar-refractivity contribution in [2.75, 3.05) is 26.2 Å². The van der Waals surface area contributed by atoms with Gasteiger partial charge in [0.05, 0.1) is 11.7 Å². The minimum Gasteiger partial charge on any atom is -0.354 e. The van der Waals surface area contributed by atoms with Crippen molar-refractivity contribution < 1.29 is 14.1 Å². The van der Waals surface area contributed by atoms with Gasteiger partial charge in [-0.05, 0) is 50.3 Å². The number of rotatable bonds is 5. The van der Waals surface area contributed by atoms with Crippen LogP contribution in [0.25, 0.3) is 11.4 Å². The number of carbonyl (C=O) groups excluding carboxylic acids is 2. The highest BCUT2D eigenvalue weighted by Gasteiger charge is 2.28. The maximum Gasteiger partial charge on any atom is 0.292 e. The molecule has 148 valence electrons. The van der Waals surface area contributed by atoms with Crippen molar-refractivity contribution >= 4 is 11.8 Å². The largest absolute Gasteiger partial charge is 0.354 e. The second-order valence-electron chi connectivity index (χ2n) is 7.44. The van der Waals surface area contributed by atoms with Gasteiger partial charge in [0.25, 0.3) is 5.91 Å². The molecule has 0 aliphatic carbocycles. The summed E-state index contributed by atoms with van der Waals surface area (Å²) in [6.07, 6.45) is 5.52. The van der Waals surface area contributed by atoms with Crippen molar-refractivity contribution in [3.63, 3.8) is 0 Å². The Balaban J connectivity index is 1.33. The number of pyridine rings is 1. The summed E-state index contributed by atoms with van der Waals surface area (Å²) >= 11 is 0. The van der Waals surface area contributed by atoms with Crippen LogP contribution in [-0.4, -0.2) is 59.1 Å². The molecule has 2 N–H and O–H groups in total. The smallest absolute Gasteiger partial charge is 0.292 e. The Kier molecular flexibility index (Phi) is 5.66. The lowest BCUT2D eigenvalue weighted by Crippen LogP contribution is -2.46. The first-order valence-corrected chi connectivity index (χ1v) is 9.89. The van der Waals surface area contributed by atoms with E-state index in [9.17, 15) is 9.59 Å². The molecule has 0 aromatic carbocycles. The number of hydrogen-bond acceptors (Lipinski definition) is 6. The van der Waals surface area contributed by atoms with Gasteiger partial charge in [-0.3, -0.25) is 14.6 Å². The number of nitrogens with zero attached hydrogens (tertiary/aromatic N) is 3. The maximum absolute atomic E-state index is 12.8. The molecule has 4 heterocycles. The van der Waals surface area contributed by atoms with Crippen LogP contribution in [-0.2, 0) is 4.79 Å². The van der Waals surface area contributed by atoms with Crippen molar-refractivity contribution in [3.05, 3.63) is 36.2 Å².